The van der Waals surface area contributed by atoms with E-state index in [1.54, 1.807) is 30.3 Å². The van der Waals surface area contributed by atoms with Crippen LogP contribution in [0.25, 0.3) is 27.7 Å². The molecule has 1 saturated carbocycles. The zero-order valence-electron chi connectivity index (χ0n) is 19.1. The van der Waals surface area contributed by atoms with Crippen LogP contribution in [0, 0.1) is 0 Å². The summed E-state index contributed by atoms with van der Waals surface area (Å²) in [6.07, 6.45) is 5.14. The molecule has 9 nitrogen and oxygen atoms in total. The molecule has 10 heteroatoms. The van der Waals surface area contributed by atoms with Crippen molar-refractivity contribution >= 4 is 26.9 Å². The van der Waals surface area contributed by atoms with Crippen LogP contribution in [-0.4, -0.2) is 36.1 Å². The van der Waals surface area contributed by atoms with Crippen molar-refractivity contribution in [2.75, 3.05) is 12.8 Å². The molecule has 35 heavy (non-hydrogen) atoms. The van der Waals surface area contributed by atoms with E-state index >= 15 is 0 Å². The molecule has 5 rings (SSSR count). The van der Waals surface area contributed by atoms with Crippen LogP contribution in [0.2, 0.25) is 0 Å². The van der Waals surface area contributed by atoms with Crippen molar-refractivity contribution in [1.82, 2.24) is 19.3 Å². The van der Waals surface area contributed by atoms with Crippen LogP contribution in [0.4, 0.5) is 5.95 Å². The summed E-state index contributed by atoms with van der Waals surface area (Å²) in [6.45, 7) is 0. The Balaban J connectivity index is 1.61. The van der Waals surface area contributed by atoms with Crippen molar-refractivity contribution in [1.29, 1.82) is 0 Å². The van der Waals surface area contributed by atoms with Gasteiger partial charge in [0.1, 0.15) is 4.90 Å². The van der Waals surface area contributed by atoms with Gasteiger partial charge in [0.25, 0.3) is 5.56 Å². The molecule has 0 atom stereocenters. The topological polar surface area (TPSA) is 129 Å². The highest BCUT2D eigenvalue weighted by Crippen LogP contribution is 2.30. The predicted octanol–water partition coefficient (Wildman–Crippen LogP) is 3.26. The lowest BCUT2D eigenvalue weighted by atomic mass is 10.1. The highest BCUT2D eigenvalue weighted by Gasteiger charge is 2.27. The van der Waals surface area contributed by atoms with E-state index in [0.717, 1.165) is 25.7 Å². The fourth-order valence-corrected chi connectivity index (χ4v) is 5.92. The Kier molecular flexibility index (Phi) is 6.00. The summed E-state index contributed by atoms with van der Waals surface area (Å²) in [6, 6.07) is 15.6. The van der Waals surface area contributed by atoms with Crippen molar-refractivity contribution in [3.05, 3.63) is 71.1 Å². The molecule has 0 spiro atoms. The minimum absolute atomic E-state index is 0.0147. The minimum Gasteiger partial charge on any atom is -0.480 e. The molecule has 0 aliphatic heterocycles. The van der Waals surface area contributed by atoms with Gasteiger partial charge in [0.2, 0.25) is 21.9 Å². The van der Waals surface area contributed by atoms with Gasteiger partial charge < -0.3 is 10.5 Å². The molecule has 1 fully saturated rings. The van der Waals surface area contributed by atoms with Gasteiger partial charge in [0.15, 0.2) is 0 Å². The summed E-state index contributed by atoms with van der Waals surface area (Å²) in [5.74, 6) is 0.0971. The molecule has 0 bridgehead atoms. The first-order chi connectivity index (χ1) is 16.9. The van der Waals surface area contributed by atoms with Gasteiger partial charge in [-0.25, -0.2) is 27.7 Å². The number of benzene rings is 2. The SMILES string of the molecule is COc1ncc(-c2ccc3nc(N)n(-c4ccccc4)c(=O)c3c2)cc1S(=O)(=O)NC1CCCC1. The maximum Gasteiger partial charge on any atom is 0.267 e. The molecule has 0 amide bonds. The Bertz CT molecular complexity index is 1560. The molecule has 0 unspecified atom stereocenters. The number of aromatic nitrogens is 3. The lowest BCUT2D eigenvalue weighted by molar-refractivity contribution is 0.384. The van der Waals surface area contributed by atoms with Crippen LogP contribution in [0.5, 0.6) is 5.88 Å². The third kappa shape index (κ3) is 4.38. The summed E-state index contributed by atoms with van der Waals surface area (Å²) in [4.78, 5) is 21.9. The molecular formula is C25H25N5O4S. The normalized spacial score (nSPS) is 14.4. The Morgan fingerprint density at radius 3 is 2.51 bits per heavy atom. The summed E-state index contributed by atoms with van der Waals surface area (Å²) in [7, 11) is -2.46. The minimum atomic E-state index is -3.85. The standard InChI is InChI=1S/C25H25N5O4S/c1-34-23-22(35(32,33)29-18-7-5-6-8-18)14-17(15-27-23)16-11-12-21-20(13-16)24(31)30(25(26)28-21)19-9-3-2-4-10-19/h2-4,9-15,18,29H,5-8H2,1H3,(H2,26,28). The molecule has 2 aromatic carbocycles. The second-order valence-corrected chi connectivity index (χ2v) is 10.2. The van der Waals surface area contributed by atoms with E-state index < -0.39 is 10.0 Å². The molecule has 0 radical (unpaired) electrons. The maximum atomic E-state index is 13.4. The van der Waals surface area contributed by atoms with Gasteiger partial charge in [0, 0.05) is 17.8 Å². The van der Waals surface area contributed by atoms with Crippen molar-refractivity contribution in [2.24, 2.45) is 0 Å². The molecule has 1 aliphatic rings. The lowest BCUT2D eigenvalue weighted by Gasteiger charge is -2.15. The second-order valence-electron chi connectivity index (χ2n) is 8.51. The fourth-order valence-electron chi connectivity index (χ4n) is 4.47. The van der Waals surface area contributed by atoms with Gasteiger partial charge in [-0.1, -0.05) is 37.1 Å². The van der Waals surface area contributed by atoms with Gasteiger partial charge in [-0.2, -0.15) is 0 Å². The monoisotopic (exact) mass is 491 g/mol. The number of nitrogens with one attached hydrogen (secondary N) is 1. The molecule has 4 aromatic rings. The number of nitrogen functional groups attached to an aromatic ring is 1. The summed E-state index contributed by atoms with van der Waals surface area (Å²) < 4.78 is 35.7. The van der Waals surface area contributed by atoms with Crippen LogP contribution in [0.15, 0.2) is 70.5 Å². The van der Waals surface area contributed by atoms with E-state index in [4.69, 9.17) is 10.5 Å². The molecule has 2 heterocycles. The number of hydrogen-bond acceptors (Lipinski definition) is 7. The van der Waals surface area contributed by atoms with E-state index in [2.05, 4.69) is 14.7 Å². The second kappa shape index (κ2) is 9.12. The molecule has 3 N–H and O–H groups in total. The number of hydrogen-bond donors (Lipinski definition) is 2. The van der Waals surface area contributed by atoms with Crippen LogP contribution in [0.3, 0.4) is 0 Å². The lowest BCUT2D eigenvalue weighted by Crippen LogP contribution is -2.33. The van der Waals surface area contributed by atoms with Crippen molar-refractivity contribution in [3.8, 4) is 22.7 Å². The molecule has 2 aromatic heterocycles. The van der Waals surface area contributed by atoms with Gasteiger partial charge in [-0.3, -0.25) is 4.79 Å². The summed E-state index contributed by atoms with van der Waals surface area (Å²) in [5.41, 5.74) is 7.97. The largest absolute Gasteiger partial charge is 0.480 e. The van der Waals surface area contributed by atoms with Crippen LogP contribution < -0.4 is 20.8 Å². The number of pyridine rings is 1. The highest BCUT2D eigenvalue weighted by atomic mass is 32.2. The number of rotatable bonds is 6. The van der Waals surface area contributed by atoms with E-state index in [-0.39, 0.29) is 28.3 Å². The zero-order chi connectivity index (χ0) is 24.6. The van der Waals surface area contributed by atoms with Gasteiger partial charge >= 0.3 is 0 Å². The first-order valence-corrected chi connectivity index (χ1v) is 12.8. The molecular weight excluding hydrogens is 466 g/mol. The number of nitrogens with two attached hydrogens (primary N) is 1. The number of para-hydroxylation sites is 1. The van der Waals surface area contributed by atoms with Crippen molar-refractivity contribution in [2.45, 2.75) is 36.6 Å². The number of fused-ring (bicyclic) bond motifs is 1. The van der Waals surface area contributed by atoms with Crippen LogP contribution in [-0.2, 0) is 10.0 Å². The maximum absolute atomic E-state index is 13.4. The number of anilines is 1. The summed E-state index contributed by atoms with van der Waals surface area (Å²) in [5, 5.41) is 0.352. The highest BCUT2D eigenvalue weighted by molar-refractivity contribution is 7.89. The van der Waals surface area contributed by atoms with Gasteiger partial charge in [0.05, 0.1) is 23.7 Å². The van der Waals surface area contributed by atoms with E-state index in [1.165, 1.54) is 23.9 Å². The third-order valence-corrected chi connectivity index (χ3v) is 7.74. The Morgan fingerprint density at radius 2 is 1.80 bits per heavy atom. The Labute approximate surface area is 202 Å². The fraction of sp³-hybridized carbons (Fsp3) is 0.240. The van der Waals surface area contributed by atoms with Gasteiger partial charge in [-0.15, -0.1) is 0 Å². The van der Waals surface area contributed by atoms with Crippen molar-refractivity contribution in [3.63, 3.8) is 0 Å². The molecule has 1 aliphatic carbocycles. The Morgan fingerprint density at radius 1 is 1.06 bits per heavy atom. The average Bonchev–Trinajstić information content (AvgIpc) is 3.36. The third-order valence-electron chi connectivity index (χ3n) is 6.22. The van der Waals surface area contributed by atoms with Gasteiger partial charge in [-0.05, 0) is 48.7 Å². The first kappa shape index (κ1) is 23.0. The Hall–Kier alpha value is -3.76. The first-order valence-electron chi connectivity index (χ1n) is 11.3. The molecule has 0 saturated heterocycles. The van der Waals surface area contributed by atoms with Crippen LogP contribution in [0.1, 0.15) is 25.7 Å². The quantitative estimate of drug-likeness (QED) is 0.423. The van der Waals surface area contributed by atoms with E-state index in [9.17, 15) is 13.2 Å². The molecule has 180 valence electrons. The van der Waals surface area contributed by atoms with Crippen molar-refractivity contribution < 1.29 is 13.2 Å². The number of methoxy groups -OCH3 is 1. The van der Waals surface area contributed by atoms with E-state index in [1.807, 2.05) is 18.2 Å². The van der Waals surface area contributed by atoms with E-state index in [0.29, 0.717) is 27.7 Å². The summed E-state index contributed by atoms with van der Waals surface area (Å²) >= 11 is 0. The number of nitrogens with zero attached hydrogens (tertiary/aromatic N) is 3. The number of ether oxygens (including phenoxy) is 1. The number of sulfonamides is 1. The smallest absolute Gasteiger partial charge is 0.267 e. The zero-order valence-corrected chi connectivity index (χ0v) is 20.0. The predicted molar refractivity (Wildman–Crippen MR) is 134 cm³/mol. The average molecular weight is 492 g/mol. The van der Waals surface area contributed by atoms with Crippen LogP contribution >= 0.6 is 0 Å².